The Morgan fingerprint density at radius 1 is 1.20 bits per heavy atom. The van der Waals surface area contributed by atoms with Gasteiger partial charge >= 0.3 is 0 Å². The first kappa shape index (κ1) is 14.0. The second-order valence-electron chi connectivity index (χ2n) is 5.98. The summed E-state index contributed by atoms with van der Waals surface area (Å²) >= 11 is 2.32. The molecule has 106 valence electrons. The first-order valence-corrected chi connectivity index (χ1v) is 8.38. The van der Waals surface area contributed by atoms with Crippen LogP contribution < -0.4 is 0 Å². The minimum atomic E-state index is 0.519. The van der Waals surface area contributed by atoms with Gasteiger partial charge in [-0.2, -0.15) is 5.10 Å². The Labute approximate surface area is 133 Å². The van der Waals surface area contributed by atoms with E-state index in [2.05, 4.69) is 70.4 Å². The number of hydrogen-bond donors (Lipinski definition) is 0. The largest absolute Gasteiger partial charge is 0.249 e. The van der Waals surface area contributed by atoms with E-state index in [1.54, 1.807) is 0 Å². The number of halogens is 1. The molecule has 3 atom stereocenters. The molecular formula is C16H20IN3. The summed E-state index contributed by atoms with van der Waals surface area (Å²) in [6.45, 7) is 4.72. The molecule has 2 aromatic rings. The van der Waals surface area contributed by atoms with E-state index < -0.39 is 0 Å². The third-order valence-electron chi connectivity index (χ3n) is 4.54. The van der Waals surface area contributed by atoms with Gasteiger partial charge in [-0.1, -0.05) is 26.0 Å². The Morgan fingerprint density at radius 3 is 2.80 bits per heavy atom. The van der Waals surface area contributed by atoms with Crippen LogP contribution in [0.25, 0.3) is 11.4 Å². The molecule has 3 nitrogen and oxygen atoms in total. The van der Waals surface area contributed by atoms with Crippen LogP contribution in [-0.2, 0) is 0 Å². The van der Waals surface area contributed by atoms with E-state index in [-0.39, 0.29) is 0 Å². The molecule has 0 bridgehead atoms. The van der Waals surface area contributed by atoms with Crippen molar-refractivity contribution in [1.82, 2.24) is 14.8 Å². The quantitative estimate of drug-likeness (QED) is 0.715. The molecule has 0 aliphatic heterocycles. The van der Waals surface area contributed by atoms with Crippen LogP contribution in [0.3, 0.4) is 0 Å². The van der Waals surface area contributed by atoms with Gasteiger partial charge in [-0.05, 0) is 65.8 Å². The van der Waals surface area contributed by atoms with Crippen LogP contribution >= 0.6 is 22.6 Å². The topological polar surface area (TPSA) is 30.7 Å². The van der Waals surface area contributed by atoms with Crippen LogP contribution in [0.4, 0.5) is 0 Å². The highest BCUT2D eigenvalue weighted by Crippen LogP contribution is 2.35. The summed E-state index contributed by atoms with van der Waals surface area (Å²) in [6.07, 6.45) is 5.64. The zero-order valence-electron chi connectivity index (χ0n) is 12.0. The zero-order chi connectivity index (χ0) is 14.1. The van der Waals surface area contributed by atoms with Crippen molar-refractivity contribution < 1.29 is 0 Å². The van der Waals surface area contributed by atoms with Crippen LogP contribution in [-0.4, -0.2) is 14.8 Å². The maximum atomic E-state index is 4.71. The lowest BCUT2D eigenvalue weighted by atomic mass is 9.79. The third kappa shape index (κ3) is 2.90. The molecule has 0 radical (unpaired) electrons. The van der Waals surface area contributed by atoms with Crippen LogP contribution in [0.15, 0.2) is 30.6 Å². The molecule has 1 heterocycles. The van der Waals surface area contributed by atoms with Gasteiger partial charge in [-0.25, -0.2) is 9.67 Å². The molecular weight excluding hydrogens is 361 g/mol. The average Bonchev–Trinajstić information content (AvgIpc) is 2.92. The van der Waals surface area contributed by atoms with Crippen molar-refractivity contribution in [3.8, 4) is 11.4 Å². The Hall–Kier alpha value is -0.910. The molecule has 1 saturated carbocycles. The summed E-state index contributed by atoms with van der Waals surface area (Å²) in [5, 5.41) is 4.71. The highest BCUT2D eigenvalue weighted by Gasteiger charge is 2.26. The highest BCUT2D eigenvalue weighted by molar-refractivity contribution is 14.1. The van der Waals surface area contributed by atoms with Crippen molar-refractivity contribution in [3.05, 3.63) is 34.2 Å². The molecule has 20 heavy (non-hydrogen) atoms. The highest BCUT2D eigenvalue weighted by atomic mass is 127. The zero-order valence-corrected chi connectivity index (χ0v) is 14.1. The number of rotatable bonds is 2. The fraction of sp³-hybridized carbons (Fsp3) is 0.500. The lowest BCUT2D eigenvalue weighted by molar-refractivity contribution is 0.201. The van der Waals surface area contributed by atoms with Crippen molar-refractivity contribution in [1.29, 1.82) is 0 Å². The van der Waals surface area contributed by atoms with Gasteiger partial charge in [-0.3, -0.25) is 0 Å². The van der Waals surface area contributed by atoms with Crippen LogP contribution in [0.2, 0.25) is 0 Å². The van der Waals surface area contributed by atoms with Gasteiger partial charge in [0.1, 0.15) is 6.33 Å². The van der Waals surface area contributed by atoms with E-state index in [9.17, 15) is 0 Å². The van der Waals surface area contributed by atoms with Gasteiger partial charge in [0, 0.05) is 9.13 Å². The first-order chi connectivity index (χ1) is 9.63. The maximum absolute atomic E-state index is 4.71. The summed E-state index contributed by atoms with van der Waals surface area (Å²) in [4.78, 5) is 4.50. The van der Waals surface area contributed by atoms with E-state index in [0.29, 0.717) is 6.04 Å². The Balaban J connectivity index is 1.80. The number of hydrogen-bond acceptors (Lipinski definition) is 2. The summed E-state index contributed by atoms with van der Waals surface area (Å²) in [5.41, 5.74) is 1.10. The first-order valence-electron chi connectivity index (χ1n) is 7.30. The van der Waals surface area contributed by atoms with Gasteiger partial charge in [-0.15, -0.1) is 0 Å². The van der Waals surface area contributed by atoms with Crippen molar-refractivity contribution in [2.45, 2.75) is 39.2 Å². The average molecular weight is 381 g/mol. The van der Waals surface area contributed by atoms with Crippen LogP contribution in [0.1, 0.15) is 39.2 Å². The summed E-state index contributed by atoms with van der Waals surface area (Å²) in [6, 6.07) is 8.87. The Kier molecular flexibility index (Phi) is 4.10. The molecule has 3 rings (SSSR count). The predicted octanol–water partition coefficient (Wildman–Crippen LogP) is 4.55. The van der Waals surface area contributed by atoms with E-state index >= 15 is 0 Å². The number of aromatic nitrogens is 3. The molecule has 1 aliphatic rings. The minimum Gasteiger partial charge on any atom is -0.249 e. The second kappa shape index (κ2) is 5.84. The predicted molar refractivity (Wildman–Crippen MR) is 89.4 cm³/mol. The van der Waals surface area contributed by atoms with E-state index in [1.165, 1.54) is 22.8 Å². The van der Waals surface area contributed by atoms with Crippen molar-refractivity contribution in [3.63, 3.8) is 0 Å². The summed E-state index contributed by atoms with van der Waals surface area (Å²) in [5.74, 6) is 2.46. The molecule has 1 fully saturated rings. The van der Waals surface area contributed by atoms with Crippen LogP contribution in [0, 0.1) is 15.4 Å². The fourth-order valence-corrected chi connectivity index (χ4v) is 3.51. The number of benzene rings is 1. The molecule has 3 unspecified atom stereocenters. The second-order valence-corrected chi connectivity index (χ2v) is 7.23. The smallest absolute Gasteiger partial charge is 0.181 e. The lowest BCUT2D eigenvalue weighted by Crippen LogP contribution is -2.23. The molecule has 0 N–H and O–H groups in total. The van der Waals surface area contributed by atoms with E-state index in [0.717, 1.165) is 23.2 Å². The maximum Gasteiger partial charge on any atom is 0.181 e. The molecule has 0 saturated heterocycles. The van der Waals surface area contributed by atoms with Gasteiger partial charge < -0.3 is 0 Å². The van der Waals surface area contributed by atoms with Gasteiger partial charge in [0.25, 0.3) is 0 Å². The molecule has 0 spiro atoms. The Morgan fingerprint density at radius 2 is 2.05 bits per heavy atom. The molecule has 4 heteroatoms. The number of nitrogens with zero attached hydrogens (tertiary/aromatic N) is 3. The van der Waals surface area contributed by atoms with Gasteiger partial charge in [0.05, 0.1) is 6.04 Å². The van der Waals surface area contributed by atoms with Crippen molar-refractivity contribution in [2.75, 3.05) is 0 Å². The lowest BCUT2D eigenvalue weighted by Gasteiger charge is -2.31. The van der Waals surface area contributed by atoms with Crippen molar-refractivity contribution in [2.24, 2.45) is 11.8 Å². The van der Waals surface area contributed by atoms with Gasteiger partial charge in [0.15, 0.2) is 5.82 Å². The summed E-state index contributed by atoms with van der Waals surface area (Å²) < 4.78 is 3.30. The molecule has 0 amide bonds. The van der Waals surface area contributed by atoms with E-state index in [4.69, 9.17) is 5.10 Å². The summed E-state index contributed by atoms with van der Waals surface area (Å²) in [7, 11) is 0. The van der Waals surface area contributed by atoms with E-state index in [1.807, 2.05) is 6.33 Å². The van der Waals surface area contributed by atoms with Crippen molar-refractivity contribution >= 4 is 22.6 Å². The molecule has 1 aromatic heterocycles. The normalized spacial score (nSPS) is 26.6. The van der Waals surface area contributed by atoms with Gasteiger partial charge in [0.2, 0.25) is 0 Å². The SMILES string of the molecule is CC1CCC(n2cnc(-c3cccc(I)c3)n2)CC1C. The monoisotopic (exact) mass is 381 g/mol. The molecule has 1 aromatic carbocycles. The third-order valence-corrected chi connectivity index (χ3v) is 5.21. The molecule has 1 aliphatic carbocycles. The van der Waals surface area contributed by atoms with Crippen LogP contribution in [0.5, 0.6) is 0 Å². The standard InChI is InChI=1S/C16H20IN3/c1-11-6-7-15(8-12(11)2)20-10-18-16(19-20)13-4-3-5-14(17)9-13/h3-5,9-12,15H,6-8H2,1-2H3. The Bertz CT molecular complexity index is 593. The fourth-order valence-electron chi connectivity index (χ4n) is 2.97. The minimum absolute atomic E-state index is 0.519.